The van der Waals surface area contributed by atoms with Crippen molar-refractivity contribution in [2.24, 2.45) is 0 Å². The zero-order valence-corrected chi connectivity index (χ0v) is 37.2. The fourth-order valence-corrected chi connectivity index (χ4v) is 5.38. The van der Waals surface area contributed by atoms with Crippen molar-refractivity contribution in [2.45, 2.75) is 168 Å². The molecular formula is C53H80O6. The van der Waals surface area contributed by atoms with Gasteiger partial charge in [-0.2, -0.15) is 0 Å². The maximum atomic E-state index is 12.7. The highest BCUT2D eigenvalue weighted by Crippen LogP contribution is 2.11. The molecule has 0 spiro atoms. The highest BCUT2D eigenvalue weighted by molar-refractivity contribution is 5.71. The van der Waals surface area contributed by atoms with Gasteiger partial charge in [0.25, 0.3) is 0 Å². The van der Waals surface area contributed by atoms with E-state index in [1.54, 1.807) is 0 Å². The van der Waals surface area contributed by atoms with Crippen LogP contribution >= 0.6 is 0 Å². The number of rotatable bonds is 38. The third-order valence-corrected chi connectivity index (χ3v) is 8.71. The first-order chi connectivity index (χ1) is 29.0. The van der Waals surface area contributed by atoms with Crippen LogP contribution in [0.2, 0.25) is 0 Å². The maximum Gasteiger partial charge on any atom is 0.306 e. The number of unbranched alkanes of at least 4 members (excludes halogenated alkanes) is 7. The van der Waals surface area contributed by atoms with E-state index in [1.165, 1.54) is 0 Å². The van der Waals surface area contributed by atoms with Crippen LogP contribution in [0.3, 0.4) is 0 Å². The summed E-state index contributed by atoms with van der Waals surface area (Å²) < 4.78 is 16.6. The molecule has 0 rings (SSSR count). The van der Waals surface area contributed by atoms with E-state index in [4.69, 9.17) is 14.2 Å². The lowest BCUT2D eigenvalue weighted by atomic mass is 10.1. The molecule has 0 aliphatic rings. The Bertz CT molecular complexity index is 1350. The quantitative estimate of drug-likeness (QED) is 0.0203. The minimum Gasteiger partial charge on any atom is -0.462 e. The first-order valence-electron chi connectivity index (χ1n) is 22.7. The van der Waals surface area contributed by atoms with Gasteiger partial charge in [-0.15, -0.1) is 0 Å². The van der Waals surface area contributed by atoms with Gasteiger partial charge in [-0.3, -0.25) is 14.4 Å². The molecule has 0 aromatic carbocycles. The Morgan fingerprint density at radius 3 is 1.27 bits per heavy atom. The SMILES string of the molecule is CC\C=C/C=C\C=C/CCCCCCCC(=O)OC(COC(=O)CC/C=C\C/C=C\C/C=C\C/C=C\C/C=C\CC)COC(=O)CCCC/C=C\C/C=C\C/C=C\CC. The average Bonchev–Trinajstić information content (AvgIpc) is 3.23. The molecule has 6 heteroatoms. The second-order valence-corrected chi connectivity index (χ2v) is 14.2. The van der Waals surface area contributed by atoms with Gasteiger partial charge in [0.05, 0.1) is 0 Å². The van der Waals surface area contributed by atoms with Gasteiger partial charge >= 0.3 is 17.9 Å². The molecule has 0 saturated carbocycles. The van der Waals surface area contributed by atoms with E-state index < -0.39 is 6.10 Å². The Labute approximate surface area is 360 Å². The van der Waals surface area contributed by atoms with Crippen LogP contribution in [0, 0.1) is 0 Å². The van der Waals surface area contributed by atoms with Crippen molar-refractivity contribution in [3.63, 3.8) is 0 Å². The molecule has 6 nitrogen and oxygen atoms in total. The zero-order valence-electron chi connectivity index (χ0n) is 37.2. The number of carbonyl (C=O) groups excluding carboxylic acids is 3. The average molecular weight is 813 g/mol. The molecular weight excluding hydrogens is 733 g/mol. The van der Waals surface area contributed by atoms with Crippen LogP contribution in [0.5, 0.6) is 0 Å². The van der Waals surface area contributed by atoms with E-state index >= 15 is 0 Å². The number of allylic oxidation sites excluding steroid dienone is 22. The molecule has 0 N–H and O–H groups in total. The van der Waals surface area contributed by atoms with E-state index in [-0.39, 0.29) is 50.4 Å². The van der Waals surface area contributed by atoms with Gasteiger partial charge in [-0.1, -0.05) is 174 Å². The van der Waals surface area contributed by atoms with Crippen molar-refractivity contribution in [1.82, 2.24) is 0 Å². The Hall–Kier alpha value is -4.45. The van der Waals surface area contributed by atoms with Crippen molar-refractivity contribution < 1.29 is 28.6 Å². The molecule has 0 fully saturated rings. The van der Waals surface area contributed by atoms with Crippen LogP contribution in [0.4, 0.5) is 0 Å². The minimum atomic E-state index is -0.837. The molecule has 0 aliphatic heterocycles. The summed E-state index contributed by atoms with van der Waals surface area (Å²) in [6.45, 7) is 6.11. The lowest BCUT2D eigenvalue weighted by Gasteiger charge is -2.18. The Morgan fingerprint density at radius 2 is 0.729 bits per heavy atom. The molecule has 0 heterocycles. The van der Waals surface area contributed by atoms with E-state index in [0.717, 1.165) is 109 Å². The molecule has 0 aromatic rings. The largest absolute Gasteiger partial charge is 0.462 e. The molecule has 59 heavy (non-hydrogen) atoms. The van der Waals surface area contributed by atoms with Crippen LogP contribution in [-0.2, 0) is 28.6 Å². The predicted molar refractivity (Wildman–Crippen MR) is 251 cm³/mol. The van der Waals surface area contributed by atoms with Crippen molar-refractivity contribution in [3.8, 4) is 0 Å². The van der Waals surface area contributed by atoms with E-state index in [1.807, 2.05) is 18.2 Å². The number of ether oxygens (including phenoxy) is 3. The molecule has 0 amide bonds. The summed E-state index contributed by atoms with van der Waals surface area (Å²) in [5, 5.41) is 0. The van der Waals surface area contributed by atoms with Gasteiger partial charge in [0.2, 0.25) is 0 Å². The van der Waals surface area contributed by atoms with Crippen LogP contribution in [0.25, 0.3) is 0 Å². The third kappa shape index (κ3) is 44.5. The van der Waals surface area contributed by atoms with Crippen molar-refractivity contribution >= 4 is 17.9 Å². The number of esters is 3. The summed E-state index contributed by atoms with van der Waals surface area (Å²) in [4.78, 5) is 37.7. The van der Waals surface area contributed by atoms with Crippen LogP contribution < -0.4 is 0 Å². The van der Waals surface area contributed by atoms with Crippen molar-refractivity contribution in [2.75, 3.05) is 13.2 Å². The molecule has 0 bridgehead atoms. The first-order valence-corrected chi connectivity index (χ1v) is 22.7. The summed E-state index contributed by atoms with van der Waals surface area (Å²) in [6, 6.07) is 0. The number of hydrogen-bond acceptors (Lipinski definition) is 6. The highest BCUT2D eigenvalue weighted by atomic mass is 16.6. The lowest BCUT2D eigenvalue weighted by molar-refractivity contribution is -0.166. The monoisotopic (exact) mass is 813 g/mol. The highest BCUT2D eigenvalue weighted by Gasteiger charge is 2.19. The van der Waals surface area contributed by atoms with Gasteiger partial charge in [0.15, 0.2) is 6.10 Å². The summed E-state index contributed by atoms with van der Waals surface area (Å²) in [5.41, 5.74) is 0. The van der Waals surface area contributed by atoms with Crippen LogP contribution in [-0.4, -0.2) is 37.2 Å². The fraction of sp³-hybridized carbons (Fsp3) is 0.528. The number of hydrogen-bond donors (Lipinski definition) is 0. The smallest absolute Gasteiger partial charge is 0.306 e. The van der Waals surface area contributed by atoms with Crippen molar-refractivity contribution in [1.29, 1.82) is 0 Å². The lowest BCUT2D eigenvalue weighted by Crippen LogP contribution is -2.30. The topological polar surface area (TPSA) is 78.9 Å². The van der Waals surface area contributed by atoms with E-state index in [2.05, 4.69) is 136 Å². The molecule has 0 aromatic heterocycles. The molecule has 1 unspecified atom stereocenters. The van der Waals surface area contributed by atoms with Crippen molar-refractivity contribution in [3.05, 3.63) is 134 Å². The van der Waals surface area contributed by atoms with Crippen LogP contribution in [0.15, 0.2) is 134 Å². The molecule has 0 saturated heterocycles. The first kappa shape index (κ1) is 54.6. The van der Waals surface area contributed by atoms with Gasteiger partial charge in [0.1, 0.15) is 13.2 Å². The fourth-order valence-electron chi connectivity index (χ4n) is 5.38. The number of carbonyl (C=O) groups is 3. The molecule has 0 radical (unpaired) electrons. The van der Waals surface area contributed by atoms with E-state index in [9.17, 15) is 14.4 Å². The van der Waals surface area contributed by atoms with Gasteiger partial charge in [-0.05, 0) is 103 Å². The summed E-state index contributed by atoms with van der Waals surface area (Å²) in [5.74, 6) is -1.09. The van der Waals surface area contributed by atoms with E-state index in [0.29, 0.717) is 12.8 Å². The summed E-state index contributed by atoms with van der Waals surface area (Å²) >= 11 is 0. The standard InChI is InChI=1S/C53H80O6/c1-4-7-10-13-16-19-22-25-26-27-29-31-34-37-40-43-46-52(55)58-49-50(48-57-51(54)45-42-39-36-33-30-24-21-18-15-12-9-6-3)59-53(56)47-44-41-38-35-32-28-23-20-17-14-11-8-5-2/h7-12,14,16-21,23,25-26,29-31,33,37,40,50H,4-6,13,15,22,24,27-28,32,34-36,38-39,41-49H2,1-3H3/b10-7-,11-8-,12-9-,17-14-,19-16-,21-18-,23-20-,26-25-,31-29-,33-30-,40-37-. The third-order valence-electron chi connectivity index (χ3n) is 8.71. The zero-order chi connectivity index (χ0) is 43.0. The van der Waals surface area contributed by atoms with Gasteiger partial charge in [0, 0.05) is 19.3 Å². The maximum absolute atomic E-state index is 12.7. The Balaban J connectivity index is 4.61. The summed E-state index contributed by atoms with van der Waals surface area (Å²) in [6.07, 6.45) is 64.5. The second kappa shape index (κ2) is 46.2. The van der Waals surface area contributed by atoms with Crippen LogP contribution in [0.1, 0.15) is 162 Å². The Morgan fingerprint density at radius 1 is 0.356 bits per heavy atom. The summed E-state index contributed by atoms with van der Waals surface area (Å²) in [7, 11) is 0. The second-order valence-electron chi connectivity index (χ2n) is 14.2. The normalized spacial score (nSPS) is 13.3. The minimum absolute atomic E-state index is 0.135. The van der Waals surface area contributed by atoms with Gasteiger partial charge in [-0.25, -0.2) is 0 Å². The predicted octanol–water partition coefficient (Wildman–Crippen LogP) is 14.7. The molecule has 0 aliphatic carbocycles. The Kier molecular flexibility index (Phi) is 42.8. The van der Waals surface area contributed by atoms with Gasteiger partial charge < -0.3 is 14.2 Å². The molecule has 328 valence electrons. The molecule has 1 atom stereocenters.